The highest BCUT2D eigenvalue weighted by atomic mass is 16.5. The van der Waals surface area contributed by atoms with Crippen LogP contribution in [0.5, 0.6) is 0 Å². The number of rotatable bonds is 5. The van der Waals surface area contributed by atoms with Crippen molar-refractivity contribution in [2.24, 2.45) is 0 Å². The normalized spacial score (nSPS) is 11.1. The standard InChI is InChI=1S/C12H18N4O2/c1-8-11(10(3)18-14-8)7-16-9(2)12(13-15-16)5-4-6-17/h17H,4-7H2,1-3H3. The average molecular weight is 250 g/mol. The van der Waals surface area contributed by atoms with E-state index in [1.54, 1.807) is 0 Å². The molecule has 0 bridgehead atoms. The van der Waals surface area contributed by atoms with Crippen molar-refractivity contribution in [1.82, 2.24) is 20.2 Å². The summed E-state index contributed by atoms with van der Waals surface area (Å²) in [5.74, 6) is 0.819. The van der Waals surface area contributed by atoms with E-state index >= 15 is 0 Å². The zero-order valence-corrected chi connectivity index (χ0v) is 11.0. The van der Waals surface area contributed by atoms with Gasteiger partial charge in [-0.1, -0.05) is 10.4 Å². The highest BCUT2D eigenvalue weighted by molar-refractivity contribution is 5.22. The molecule has 0 radical (unpaired) electrons. The third kappa shape index (κ3) is 2.43. The van der Waals surface area contributed by atoms with E-state index in [0.717, 1.165) is 34.8 Å². The van der Waals surface area contributed by atoms with Crippen LogP contribution in [0.1, 0.15) is 34.8 Å². The van der Waals surface area contributed by atoms with Crippen molar-refractivity contribution in [2.75, 3.05) is 6.61 Å². The van der Waals surface area contributed by atoms with E-state index in [1.807, 2.05) is 25.5 Å². The quantitative estimate of drug-likeness (QED) is 0.861. The van der Waals surface area contributed by atoms with Gasteiger partial charge in [0.15, 0.2) is 0 Å². The van der Waals surface area contributed by atoms with Gasteiger partial charge in [0, 0.05) is 12.2 Å². The van der Waals surface area contributed by atoms with Crippen molar-refractivity contribution in [1.29, 1.82) is 0 Å². The molecule has 0 aliphatic carbocycles. The molecule has 0 unspecified atom stereocenters. The monoisotopic (exact) mass is 250 g/mol. The van der Waals surface area contributed by atoms with Crippen molar-refractivity contribution in [3.63, 3.8) is 0 Å². The van der Waals surface area contributed by atoms with Gasteiger partial charge in [-0.25, -0.2) is 4.68 Å². The summed E-state index contributed by atoms with van der Waals surface area (Å²) in [6.45, 7) is 6.61. The van der Waals surface area contributed by atoms with Crippen LogP contribution in [0, 0.1) is 20.8 Å². The smallest absolute Gasteiger partial charge is 0.138 e. The second-order valence-electron chi connectivity index (χ2n) is 4.41. The predicted octanol–water partition coefficient (Wildman–Crippen LogP) is 1.16. The van der Waals surface area contributed by atoms with E-state index in [2.05, 4.69) is 15.5 Å². The Balaban J connectivity index is 2.17. The van der Waals surface area contributed by atoms with Crippen LogP contribution in [0.25, 0.3) is 0 Å². The first-order chi connectivity index (χ1) is 8.63. The maximum atomic E-state index is 8.83. The highest BCUT2D eigenvalue weighted by Gasteiger charge is 2.13. The average Bonchev–Trinajstić information content (AvgIpc) is 2.85. The van der Waals surface area contributed by atoms with Crippen LogP contribution in [-0.2, 0) is 13.0 Å². The lowest BCUT2D eigenvalue weighted by Gasteiger charge is -2.03. The molecule has 98 valence electrons. The Kier molecular flexibility index (Phi) is 3.76. The van der Waals surface area contributed by atoms with Crippen LogP contribution in [0.4, 0.5) is 0 Å². The molecular weight excluding hydrogens is 232 g/mol. The second-order valence-corrected chi connectivity index (χ2v) is 4.41. The van der Waals surface area contributed by atoms with Gasteiger partial charge in [0.25, 0.3) is 0 Å². The van der Waals surface area contributed by atoms with Crippen LogP contribution >= 0.6 is 0 Å². The van der Waals surface area contributed by atoms with E-state index in [-0.39, 0.29) is 6.61 Å². The predicted molar refractivity (Wildman–Crippen MR) is 65.2 cm³/mol. The Morgan fingerprint density at radius 2 is 2.06 bits per heavy atom. The molecule has 0 spiro atoms. The minimum atomic E-state index is 0.177. The molecule has 0 saturated carbocycles. The molecule has 18 heavy (non-hydrogen) atoms. The summed E-state index contributed by atoms with van der Waals surface area (Å²) < 4.78 is 6.98. The molecule has 0 fully saturated rings. The minimum Gasteiger partial charge on any atom is -0.396 e. The van der Waals surface area contributed by atoms with Crippen molar-refractivity contribution < 1.29 is 9.63 Å². The number of aryl methyl sites for hydroxylation is 3. The van der Waals surface area contributed by atoms with Crippen molar-refractivity contribution in [3.8, 4) is 0 Å². The summed E-state index contributed by atoms with van der Waals surface area (Å²) in [5, 5.41) is 21.0. The van der Waals surface area contributed by atoms with Crippen LogP contribution in [0.3, 0.4) is 0 Å². The van der Waals surface area contributed by atoms with Gasteiger partial charge in [-0.3, -0.25) is 0 Å². The van der Waals surface area contributed by atoms with Gasteiger partial charge in [-0.2, -0.15) is 0 Å². The number of aromatic nitrogens is 4. The molecule has 2 aromatic rings. The molecule has 6 nitrogen and oxygen atoms in total. The van der Waals surface area contributed by atoms with Crippen LogP contribution in [0.2, 0.25) is 0 Å². The molecule has 0 amide bonds. The lowest BCUT2D eigenvalue weighted by Crippen LogP contribution is -2.06. The SMILES string of the molecule is Cc1noc(C)c1Cn1nnc(CCCO)c1C. The summed E-state index contributed by atoms with van der Waals surface area (Å²) >= 11 is 0. The molecule has 0 aromatic carbocycles. The van der Waals surface area contributed by atoms with Gasteiger partial charge in [-0.05, 0) is 33.6 Å². The molecular formula is C12H18N4O2. The van der Waals surface area contributed by atoms with Gasteiger partial charge in [0.1, 0.15) is 5.76 Å². The molecule has 0 atom stereocenters. The fourth-order valence-corrected chi connectivity index (χ4v) is 1.90. The Morgan fingerprint density at radius 3 is 2.67 bits per heavy atom. The van der Waals surface area contributed by atoms with Crippen molar-refractivity contribution in [2.45, 2.75) is 40.2 Å². The number of aliphatic hydroxyl groups excluding tert-OH is 1. The maximum Gasteiger partial charge on any atom is 0.138 e. The number of hydrogen-bond acceptors (Lipinski definition) is 5. The summed E-state index contributed by atoms with van der Waals surface area (Å²) in [6.07, 6.45) is 1.47. The number of nitrogens with zero attached hydrogens (tertiary/aromatic N) is 4. The van der Waals surface area contributed by atoms with Gasteiger partial charge < -0.3 is 9.63 Å². The van der Waals surface area contributed by atoms with Crippen LogP contribution in [-0.4, -0.2) is 31.9 Å². The second kappa shape index (κ2) is 5.30. The Morgan fingerprint density at radius 1 is 1.28 bits per heavy atom. The van der Waals surface area contributed by atoms with E-state index in [0.29, 0.717) is 13.0 Å². The molecule has 6 heteroatoms. The van der Waals surface area contributed by atoms with E-state index in [1.165, 1.54) is 0 Å². The third-order valence-electron chi connectivity index (χ3n) is 3.14. The molecule has 0 aliphatic heterocycles. The Hall–Kier alpha value is -1.69. The van der Waals surface area contributed by atoms with E-state index in [9.17, 15) is 0 Å². The van der Waals surface area contributed by atoms with Crippen LogP contribution in [0.15, 0.2) is 4.52 Å². The number of aliphatic hydroxyl groups is 1. The van der Waals surface area contributed by atoms with E-state index < -0.39 is 0 Å². The van der Waals surface area contributed by atoms with E-state index in [4.69, 9.17) is 9.63 Å². The first kappa shape index (κ1) is 12.8. The summed E-state index contributed by atoms with van der Waals surface area (Å²) in [4.78, 5) is 0. The fraction of sp³-hybridized carbons (Fsp3) is 0.583. The van der Waals surface area contributed by atoms with Gasteiger partial charge in [0.05, 0.1) is 23.6 Å². The molecule has 1 N–H and O–H groups in total. The van der Waals surface area contributed by atoms with Gasteiger partial charge in [-0.15, -0.1) is 5.10 Å². The lowest BCUT2D eigenvalue weighted by atomic mass is 10.2. The summed E-state index contributed by atoms with van der Waals surface area (Å²) in [6, 6.07) is 0. The molecule has 2 aromatic heterocycles. The summed E-state index contributed by atoms with van der Waals surface area (Å²) in [5.41, 5.74) is 3.91. The lowest BCUT2D eigenvalue weighted by molar-refractivity contribution is 0.288. The van der Waals surface area contributed by atoms with Gasteiger partial charge >= 0.3 is 0 Å². The first-order valence-electron chi connectivity index (χ1n) is 6.05. The van der Waals surface area contributed by atoms with Crippen molar-refractivity contribution in [3.05, 3.63) is 28.4 Å². The largest absolute Gasteiger partial charge is 0.396 e. The third-order valence-corrected chi connectivity index (χ3v) is 3.14. The zero-order valence-electron chi connectivity index (χ0n) is 11.0. The summed E-state index contributed by atoms with van der Waals surface area (Å²) in [7, 11) is 0. The molecule has 2 heterocycles. The van der Waals surface area contributed by atoms with Gasteiger partial charge in [0.2, 0.25) is 0 Å². The topological polar surface area (TPSA) is 77.0 Å². The maximum absolute atomic E-state index is 8.83. The highest BCUT2D eigenvalue weighted by Crippen LogP contribution is 2.15. The molecule has 0 saturated heterocycles. The fourth-order valence-electron chi connectivity index (χ4n) is 1.90. The molecule has 0 aliphatic rings. The Bertz CT molecular complexity index is 511. The number of hydrogen-bond donors (Lipinski definition) is 1. The molecule has 2 rings (SSSR count). The Labute approximate surface area is 106 Å². The van der Waals surface area contributed by atoms with Crippen LogP contribution < -0.4 is 0 Å². The zero-order chi connectivity index (χ0) is 13.1. The first-order valence-corrected chi connectivity index (χ1v) is 6.05. The minimum absolute atomic E-state index is 0.177. The van der Waals surface area contributed by atoms with Crippen molar-refractivity contribution >= 4 is 0 Å².